The highest BCUT2D eigenvalue weighted by atomic mass is 16.6. The molecule has 0 bridgehead atoms. The molecule has 0 spiro atoms. The Labute approximate surface area is 118 Å². The summed E-state index contributed by atoms with van der Waals surface area (Å²) in [5.74, 6) is -0.796. The highest BCUT2D eigenvalue weighted by molar-refractivity contribution is 5.81. The van der Waals surface area contributed by atoms with Crippen molar-refractivity contribution in [3.63, 3.8) is 0 Å². The molecular formula is C13H21NO6. The van der Waals surface area contributed by atoms with E-state index in [4.69, 9.17) is 14.2 Å². The maximum Gasteiger partial charge on any atom is 0.407 e. The molecule has 7 nitrogen and oxygen atoms in total. The van der Waals surface area contributed by atoms with Gasteiger partial charge in [-0.2, -0.15) is 0 Å². The molecule has 0 aliphatic rings. The Morgan fingerprint density at radius 3 is 2.45 bits per heavy atom. The number of carbonyl (C=O) groups excluding carboxylic acids is 3. The predicted molar refractivity (Wildman–Crippen MR) is 71.0 cm³/mol. The van der Waals surface area contributed by atoms with Crippen molar-refractivity contribution in [1.82, 2.24) is 5.32 Å². The second-order valence-corrected chi connectivity index (χ2v) is 3.76. The van der Waals surface area contributed by atoms with Gasteiger partial charge >= 0.3 is 18.0 Å². The molecule has 0 radical (unpaired) electrons. The van der Waals surface area contributed by atoms with Crippen LogP contribution in [0.5, 0.6) is 0 Å². The molecule has 0 aromatic carbocycles. The molecule has 114 valence electrons. The van der Waals surface area contributed by atoms with E-state index >= 15 is 0 Å². The number of rotatable bonds is 10. The van der Waals surface area contributed by atoms with E-state index in [9.17, 15) is 14.4 Å². The average molecular weight is 287 g/mol. The first kappa shape index (κ1) is 17.9. The first-order valence-electron chi connectivity index (χ1n) is 6.45. The molecule has 0 heterocycles. The fourth-order valence-corrected chi connectivity index (χ4v) is 1.10. The Hall–Kier alpha value is -2.05. The third kappa shape index (κ3) is 11.1. The van der Waals surface area contributed by atoms with Gasteiger partial charge < -0.3 is 19.5 Å². The van der Waals surface area contributed by atoms with Gasteiger partial charge in [0.2, 0.25) is 0 Å². The molecule has 0 aromatic rings. The first-order valence-corrected chi connectivity index (χ1v) is 6.45. The summed E-state index contributed by atoms with van der Waals surface area (Å²) in [6.07, 6.45) is 1.95. The van der Waals surface area contributed by atoms with Gasteiger partial charge in [-0.15, -0.1) is 0 Å². The Kier molecular flexibility index (Phi) is 10.8. The van der Waals surface area contributed by atoms with Gasteiger partial charge in [-0.05, 0) is 6.42 Å². The molecular weight excluding hydrogens is 266 g/mol. The van der Waals surface area contributed by atoms with Gasteiger partial charge in [0.25, 0.3) is 0 Å². The van der Waals surface area contributed by atoms with E-state index in [2.05, 4.69) is 11.9 Å². The van der Waals surface area contributed by atoms with Crippen LogP contribution in [-0.2, 0) is 23.8 Å². The summed E-state index contributed by atoms with van der Waals surface area (Å²) in [6, 6.07) is 0. The van der Waals surface area contributed by atoms with Crippen molar-refractivity contribution >= 4 is 18.0 Å². The zero-order chi connectivity index (χ0) is 15.2. The topological polar surface area (TPSA) is 90.9 Å². The molecule has 1 amide bonds. The minimum atomic E-state index is -0.605. The Morgan fingerprint density at radius 1 is 1.10 bits per heavy atom. The summed E-state index contributed by atoms with van der Waals surface area (Å²) >= 11 is 0. The molecule has 0 atom stereocenters. The van der Waals surface area contributed by atoms with Crippen molar-refractivity contribution in [2.75, 3.05) is 26.4 Å². The van der Waals surface area contributed by atoms with E-state index in [1.807, 2.05) is 6.92 Å². The molecule has 0 unspecified atom stereocenters. The first-order chi connectivity index (χ1) is 9.60. The SMILES string of the molecule is C=CC(=O)OCCCOC(=O)NCCOC(=O)CCC. The largest absolute Gasteiger partial charge is 0.464 e. The van der Waals surface area contributed by atoms with Crippen molar-refractivity contribution in [1.29, 1.82) is 0 Å². The highest BCUT2D eigenvalue weighted by Gasteiger charge is 2.03. The number of hydrogen-bond donors (Lipinski definition) is 1. The second-order valence-electron chi connectivity index (χ2n) is 3.76. The fraction of sp³-hybridized carbons (Fsp3) is 0.615. The lowest BCUT2D eigenvalue weighted by Crippen LogP contribution is -2.29. The average Bonchev–Trinajstić information content (AvgIpc) is 2.43. The minimum absolute atomic E-state index is 0.116. The maximum atomic E-state index is 11.2. The third-order valence-electron chi connectivity index (χ3n) is 2.02. The van der Waals surface area contributed by atoms with Crippen molar-refractivity contribution < 1.29 is 28.6 Å². The van der Waals surface area contributed by atoms with Gasteiger partial charge in [0.05, 0.1) is 19.8 Å². The van der Waals surface area contributed by atoms with Crippen LogP contribution < -0.4 is 5.32 Å². The molecule has 0 saturated carbocycles. The number of carbonyl (C=O) groups is 3. The van der Waals surface area contributed by atoms with Crippen molar-refractivity contribution in [2.45, 2.75) is 26.2 Å². The van der Waals surface area contributed by atoms with Crippen LogP contribution in [0.4, 0.5) is 4.79 Å². The van der Waals surface area contributed by atoms with E-state index in [1.165, 1.54) is 0 Å². The highest BCUT2D eigenvalue weighted by Crippen LogP contribution is 1.91. The summed E-state index contributed by atoms with van der Waals surface area (Å²) < 4.78 is 14.3. The molecule has 0 aliphatic carbocycles. The smallest absolute Gasteiger partial charge is 0.407 e. The standard InChI is InChI=1S/C13H21NO6/c1-3-6-12(16)19-10-7-14-13(17)20-9-5-8-18-11(15)4-2/h4H,2-3,5-10H2,1H3,(H,14,17). The van der Waals surface area contributed by atoms with Crippen LogP contribution >= 0.6 is 0 Å². The number of alkyl carbamates (subject to hydrolysis) is 1. The van der Waals surface area contributed by atoms with E-state index < -0.39 is 12.1 Å². The third-order valence-corrected chi connectivity index (χ3v) is 2.02. The Morgan fingerprint density at radius 2 is 1.80 bits per heavy atom. The van der Waals surface area contributed by atoms with Gasteiger partial charge in [-0.3, -0.25) is 4.79 Å². The summed E-state index contributed by atoms with van der Waals surface area (Å²) in [5, 5.41) is 2.43. The summed E-state index contributed by atoms with van der Waals surface area (Å²) in [4.78, 5) is 32.8. The van der Waals surface area contributed by atoms with E-state index in [0.717, 1.165) is 12.5 Å². The van der Waals surface area contributed by atoms with Gasteiger partial charge in [0.1, 0.15) is 6.61 Å². The zero-order valence-electron chi connectivity index (χ0n) is 11.7. The lowest BCUT2D eigenvalue weighted by molar-refractivity contribution is -0.143. The molecule has 20 heavy (non-hydrogen) atoms. The van der Waals surface area contributed by atoms with Crippen LogP contribution in [0.25, 0.3) is 0 Å². The quantitative estimate of drug-likeness (QED) is 0.281. The number of esters is 2. The van der Waals surface area contributed by atoms with E-state index in [1.54, 1.807) is 0 Å². The number of nitrogens with one attached hydrogen (secondary N) is 1. The van der Waals surface area contributed by atoms with Crippen LogP contribution in [0.15, 0.2) is 12.7 Å². The van der Waals surface area contributed by atoms with Crippen LogP contribution in [-0.4, -0.2) is 44.4 Å². The lowest BCUT2D eigenvalue weighted by atomic mass is 10.3. The van der Waals surface area contributed by atoms with Crippen molar-refractivity contribution in [3.05, 3.63) is 12.7 Å². The van der Waals surface area contributed by atoms with Crippen LogP contribution in [0, 0.1) is 0 Å². The summed E-state index contributed by atoms with van der Waals surface area (Å²) in [7, 11) is 0. The fourth-order valence-electron chi connectivity index (χ4n) is 1.10. The molecule has 7 heteroatoms. The Balaban J connectivity index is 3.39. The lowest BCUT2D eigenvalue weighted by Gasteiger charge is -2.07. The summed E-state index contributed by atoms with van der Waals surface area (Å²) in [6.45, 7) is 5.73. The van der Waals surface area contributed by atoms with Gasteiger partial charge in [0, 0.05) is 18.9 Å². The predicted octanol–water partition coefficient (Wildman–Crippen LogP) is 1.18. The second kappa shape index (κ2) is 12.0. The van der Waals surface area contributed by atoms with Crippen molar-refractivity contribution in [2.24, 2.45) is 0 Å². The van der Waals surface area contributed by atoms with Crippen molar-refractivity contribution in [3.8, 4) is 0 Å². The molecule has 0 aliphatic heterocycles. The minimum Gasteiger partial charge on any atom is -0.464 e. The maximum absolute atomic E-state index is 11.2. The number of hydrogen-bond acceptors (Lipinski definition) is 6. The zero-order valence-corrected chi connectivity index (χ0v) is 11.7. The van der Waals surface area contributed by atoms with Crippen LogP contribution in [0.1, 0.15) is 26.2 Å². The van der Waals surface area contributed by atoms with E-state index in [-0.39, 0.29) is 32.3 Å². The van der Waals surface area contributed by atoms with Crippen LogP contribution in [0.3, 0.4) is 0 Å². The van der Waals surface area contributed by atoms with Gasteiger partial charge in [-0.1, -0.05) is 13.5 Å². The Bertz CT molecular complexity index is 329. The summed E-state index contributed by atoms with van der Waals surface area (Å²) in [5.41, 5.74) is 0. The molecule has 0 aromatic heterocycles. The van der Waals surface area contributed by atoms with Crippen LogP contribution in [0.2, 0.25) is 0 Å². The molecule has 0 fully saturated rings. The van der Waals surface area contributed by atoms with Gasteiger partial charge in [-0.25, -0.2) is 9.59 Å². The molecule has 0 saturated heterocycles. The van der Waals surface area contributed by atoms with Gasteiger partial charge in [0.15, 0.2) is 0 Å². The number of ether oxygens (including phenoxy) is 3. The molecule has 1 N–H and O–H groups in total. The monoisotopic (exact) mass is 287 g/mol. The molecule has 0 rings (SSSR count). The number of amides is 1. The normalized spacial score (nSPS) is 9.45. The van der Waals surface area contributed by atoms with E-state index in [0.29, 0.717) is 12.8 Å².